The van der Waals surface area contributed by atoms with Gasteiger partial charge in [0, 0.05) is 21.7 Å². The minimum absolute atomic E-state index is 0.0252. The lowest BCUT2D eigenvalue weighted by Gasteiger charge is -2.09. The van der Waals surface area contributed by atoms with Gasteiger partial charge in [0.15, 0.2) is 5.16 Å². The van der Waals surface area contributed by atoms with Crippen LogP contribution in [0.4, 0.5) is 5.69 Å². The third-order valence-corrected chi connectivity index (χ3v) is 5.74. The summed E-state index contributed by atoms with van der Waals surface area (Å²) >= 11 is 8.94. The van der Waals surface area contributed by atoms with Gasteiger partial charge in [-0.2, -0.15) is 0 Å². The fourth-order valence-corrected chi connectivity index (χ4v) is 4.13. The molecule has 0 atom stereocenters. The van der Waals surface area contributed by atoms with E-state index in [0.717, 1.165) is 16.1 Å². The van der Waals surface area contributed by atoms with Crippen molar-refractivity contribution in [2.24, 2.45) is 0 Å². The molecular weight excluding hydrogens is 414 g/mol. The maximum absolute atomic E-state index is 12.4. The van der Waals surface area contributed by atoms with E-state index >= 15 is 0 Å². The molecule has 144 valence electrons. The summed E-state index contributed by atoms with van der Waals surface area (Å²) in [7, 11) is 0. The van der Waals surface area contributed by atoms with Gasteiger partial charge in [-0.3, -0.25) is 9.59 Å². The minimum Gasteiger partial charge on any atom is -0.325 e. The minimum atomic E-state index is -0.282. The smallest absolute Gasteiger partial charge is 0.251 e. The number of carbonyl (C=O) groups is 1. The predicted molar refractivity (Wildman–Crippen MR) is 116 cm³/mol. The van der Waals surface area contributed by atoms with Crippen LogP contribution < -0.4 is 10.9 Å². The number of benzene rings is 2. The number of amides is 1. The molecule has 0 fully saturated rings. The van der Waals surface area contributed by atoms with E-state index in [1.54, 1.807) is 11.8 Å². The van der Waals surface area contributed by atoms with Crippen molar-refractivity contribution in [3.05, 3.63) is 81.2 Å². The number of aromatic amines is 1. The molecule has 0 bridgehead atoms. The molecule has 0 saturated carbocycles. The van der Waals surface area contributed by atoms with Gasteiger partial charge >= 0.3 is 0 Å². The molecule has 0 spiro atoms. The molecule has 28 heavy (non-hydrogen) atoms. The summed E-state index contributed by atoms with van der Waals surface area (Å²) in [5.74, 6) is 0.394. The molecule has 1 amide bonds. The number of nitrogens with zero attached hydrogens (tertiary/aromatic N) is 1. The molecule has 0 aliphatic carbocycles. The van der Waals surface area contributed by atoms with Crippen molar-refractivity contribution in [1.29, 1.82) is 0 Å². The Balaban J connectivity index is 1.67. The van der Waals surface area contributed by atoms with Crippen LogP contribution in [0.2, 0.25) is 5.02 Å². The van der Waals surface area contributed by atoms with Gasteiger partial charge in [0.25, 0.3) is 5.56 Å². The Morgan fingerprint density at radius 3 is 2.79 bits per heavy atom. The van der Waals surface area contributed by atoms with Crippen LogP contribution in [0.25, 0.3) is 0 Å². The number of halogens is 1. The normalized spacial score (nSPS) is 10.6. The predicted octanol–water partition coefficient (Wildman–Crippen LogP) is 4.62. The van der Waals surface area contributed by atoms with Crippen LogP contribution in [-0.2, 0) is 17.0 Å². The molecule has 5 nitrogen and oxygen atoms in total. The van der Waals surface area contributed by atoms with Crippen molar-refractivity contribution in [3.8, 4) is 0 Å². The van der Waals surface area contributed by atoms with E-state index in [2.05, 4.69) is 15.3 Å². The number of para-hydroxylation sites is 1. The molecule has 0 aliphatic rings. The molecule has 0 saturated heterocycles. The molecule has 0 radical (unpaired) electrons. The topological polar surface area (TPSA) is 74.8 Å². The van der Waals surface area contributed by atoms with Gasteiger partial charge < -0.3 is 10.3 Å². The second kappa shape index (κ2) is 9.82. The Morgan fingerprint density at radius 2 is 2.00 bits per heavy atom. The number of aromatic nitrogens is 2. The molecule has 3 rings (SSSR count). The average Bonchev–Trinajstić information content (AvgIpc) is 2.66. The largest absolute Gasteiger partial charge is 0.325 e. The number of carbonyl (C=O) groups excluding carboxylic acids is 1. The van der Waals surface area contributed by atoms with Crippen molar-refractivity contribution in [1.82, 2.24) is 9.97 Å². The molecule has 2 N–H and O–H groups in total. The third-order valence-electron chi connectivity index (χ3n) is 3.76. The van der Waals surface area contributed by atoms with Gasteiger partial charge in [0.1, 0.15) is 0 Å². The molecule has 3 aromatic rings. The molecular formula is C20H18ClN3O2S2. The molecule has 1 aromatic heterocycles. The van der Waals surface area contributed by atoms with Crippen LogP contribution >= 0.6 is 35.1 Å². The third kappa shape index (κ3) is 5.89. The lowest BCUT2D eigenvalue weighted by atomic mass is 10.2. The van der Waals surface area contributed by atoms with E-state index in [1.165, 1.54) is 17.8 Å². The fraction of sp³-hybridized carbons (Fsp3) is 0.150. The summed E-state index contributed by atoms with van der Waals surface area (Å²) in [6.45, 7) is 0. The zero-order chi connectivity index (χ0) is 19.9. The number of hydrogen-bond donors (Lipinski definition) is 2. The zero-order valence-corrected chi connectivity index (χ0v) is 17.5. The van der Waals surface area contributed by atoms with Crippen molar-refractivity contribution >= 4 is 46.7 Å². The van der Waals surface area contributed by atoms with Crippen LogP contribution in [0.5, 0.6) is 0 Å². The molecule has 2 aromatic carbocycles. The first kappa shape index (κ1) is 20.5. The van der Waals surface area contributed by atoms with Gasteiger partial charge in [-0.15, -0.1) is 11.8 Å². The van der Waals surface area contributed by atoms with E-state index in [1.807, 2.05) is 54.8 Å². The van der Waals surface area contributed by atoms with Crippen molar-refractivity contribution in [2.45, 2.75) is 22.2 Å². The maximum Gasteiger partial charge on any atom is 0.251 e. The summed E-state index contributed by atoms with van der Waals surface area (Å²) in [6, 6.07) is 16.4. The molecule has 8 heteroatoms. The van der Waals surface area contributed by atoms with Crippen LogP contribution in [-0.4, -0.2) is 22.1 Å². The van der Waals surface area contributed by atoms with Crippen LogP contribution in [0.1, 0.15) is 11.3 Å². The van der Waals surface area contributed by atoms with Crippen molar-refractivity contribution in [2.75, 3.05) is 11.6 Å². The standard InChI is InChI=1S/C20H18ClN3O2S2/c1-27-17-8-3-2-7-16(17)23-18(25)10-15-11-19(26)24-20(22-15)28-12-13-5-4-6-14(21)9-13/h2-9,11H,10,12H2,1H3,(H,23,25)(H,22,24,26). The number of anilines is 1. The summed E-state index contributed by atoms with van der Waals surface area (Å²) in [5.41, 5.74) is 1.92. The Kier molecular flexibility index (Phi) is 7.19. The highest BCUT2D eigenvalue weighted by molar-refractivity contribution is 7.98. The van der Waals surface area contributed by atoms with Gasteiger partial charge in [-0.05, 0) is 36.1 Å². The number of nitrogens with one attached hydrogen (secondary N) is 2. The van der Waals surface area contributed by atoms with Crippen molar-refractivity contribution in [3.63, 3.8) is 0 Å². The van der Waals surface area contributed by atoms with Gasteiger partial charge in [-0.25, -0.2) is 4.98 Å². The molecule has 1 heterocycles. The van der Waals surface area contributed by atoms with E-state index in [9.17, 15) is 9.59 Å². The highest BCUT2D eigenvalue weighted by atomic mass is 35.5. The Morgan fingerprint density at radius 1 is 1.18 bits per heavy atom. The number of hydrogen-bond acceptors (Lipinski definition) is 5. The summed E-state index contributed by atoms with van der Waals surface area (Å²) < 4.78 is 0. The van der Waals surface area contributed by atoms with Crippen molar-refractivity contribution < 1.29 is 4.79 Å². The maximum atomic E-state index is 12.4. The second-order valence-corrected chi connectivity index (χ2v) is 8.13. The lowest BCUT2D eigenvalue weighted by Crippen LogP contribution is -2.18. The summed E-state index contributed by atoms with van der Waals surface area (Å²) in [6.07, 6.45) is 1.98. The number of rotatable bonds is 7. The van der Waals surface area contributed by atoms with E-state index in [0.29, 0.717) is 21.6 Å². The first-order valence-electron chi connectivity index (χ1n) is 8.44. The molecule has 0 aliphatic heterocycles. The van der Waals surface area contributed by atoms with Crippen LogP contribution in [0, 0.1) is 0 Å². The highest BCUT2D eigenvalue weighted by Gasteiger charge is 2.10. The SMILES string of the molecule is CSc1ccccc1NC(=O)Cc1cc(=O)[nH]c(SCc2cccc(Cl)c2)n1. The second-order valence-electron chi connectivity index (χ2n) is 5.89. The van der Waals surface area contributed by atoms with Crippen LogP contribution in [0.15, 0.2) is 69.4 Å². The molecule has 0 unspecified atom stereocenters. The monoisotopic (exact) mass is 431 g/mol. The van der Waals surface area contributed by atoms with Gasteiger partial charge in [0.2, 0.25) is 5.91 Å². The van der Waals surface area contributed by atoms with E-state index in [-0.39, 0.29) is 17.9 Å². The highest BCUT2D eigenvalue weighted by Crippen LogP contribution is 2.25. The lowest BCUT2D eigenvalue weighted by molar-refractivity contribution is -0.115. The summed E-state index contributed by atoms with van der Waals surface area (Å²) in [4.78, 5) is 32.4. The number of H-pyrrole nitrogens is 1. The van der Waals surface area contributed by atoms with E-state index < -0.39 is 0 Å². The summed E-state index contributed by atoms with van der Waals surface area (Å²) in [5, 5.41) is 4.01. The Hall–Kier alpha value is -2.22. The fourth-order valence-electron chi connectivity index (χ4n) is 2.53. The van der Waals surface area contributed by atoms with Gasteiger partial charge in [0.05, 0.1) is 17.8 Å². The first-order chi connectivity index (χ1) is 13.5. The Bertz CT molecular complexity index is 1040. The zero-order valence-electron chi connectivity index (χ0n) is 15.1. The van der Waals surface area contributed by atoms with Gasteiger partial charge in [-0.1, -0.05) is 47.6 Å². The van der Waals surface area contributed by atoms with Crippen LogP contribution in [0.3, 0.4) is 0 Å². The quantitative estimate of drug-likeness (QED) is 0.421. The first-order valence-corrected chi connectivity index (χ1v) is 11.0. The van der Waals surface area contributed by atoms with E-state index in [4.69, 9.17) is 11.6 Å². The Labute approximate surface area is 176 Å². The average molecular weight is 432 g/mol. The number of thioether (sulfide) groups is 2.